The fraction of sp³-hybridized carbons (Fsp3) is 0.462. The summed E-state index contributed by atoms with van der Waals surface area (Å²) in [6.07, 6.45) is -1.91. The molecule has 1 aromatic carbocycles. The molecule has 18 heavy (non-hydrogen) atoms. The number of rotatable bonds is 6. The molecule has 5 heteroatoms. The summed E-state index contributed by atoms with van der Waals surface area (Å²) >= 11 is 0. The Bertz CT molecular complexity index is 419. The second-order valence-electron chi connectivity index (χ2n) is 4.44. The van der Waals surface area contributed by atoms with Crippen molar-refractivity contribution in [3.05, 3.63) is 29.3 Å². The zero-order valence-corrected chi connectivity index (χ0v) is 10.5. The number of carbonyl (C=O) groups excluding carboxylic acids is 1. The summed E-state index contributed by atoms with van der Waals surface area (Å²) in [5.41, 5.74) is 4.48. The Balaban J connectivity index is 2.83. The van der Waals surface area contributed by atoms with E-state index in [0.717, 1.165) is 6.42 Å². The van der Waals surface area contributed by atoms with Crippen molar-refractivity contribution in [2.24, 2.45) is 11.7 Å². The van der Waals surface area contributed by atoms with E-state index in [4.69, 9.17) is 10.5 Å². The first kappa shape index (κ1) is 14.4. The highest BCUT2D eigenvalue weighted by molar-refractivity contribution is 5.94. The number of primary amides is 1. The molecule has 2 N–H and O–H groups in total. The zero-order valence-electron chi connectivity index (χ0n) is 10.5. The average molecular weight is 257 g/mol. The maximum absolute atomic E-state index is 12.8. The third-order valence-corrected chi connectivity index (χ3v) is 2.49. The van der Waals surface area contributed by atoms with Crippen LogP contribution in [-0.4, -0.2) is 12.5 Å². The first-order valence-electron chi connectivity index (χ1n) is 5.76. The van der Waals surface area contributed by atoms with Gasteiger partial charge in [0.1, 0.15) is 5.75 Å². The van der Waals surface area contributed by atoms with E-state index in [0.29, 0.717) is 18.3 Å². The van der Waals surface area contributed by atoms with Gasteiger partial charge < -0.3 is 10.5 Å². The molecule has 0 aliphatic carbocycles. The molecule has 0 heterocycles. The van der Waals surface area contributed by atoms with E-state index >= 15 is 0 Å². The Morgan fingerprint density at radius 2 is 2.06 bits per heavy atom. The van der Waals surface area contributed by atoms with Crippen LogP contribution in [0.1, 0.15) is 42.6 Å². The number of nitrogens with two attached hydrogens (primary N) is 1. The molecule has 0 atom stereocenters. The second kappa shape index (κ2) is 6.33. The predicted molar refractivity (Wildman–Crippen MR) is 64.9 cm³/mol. The van der Waals surface area contributed by atoms with Gasteiger partial charge in [-0.2, -0.15) is 0 Å². The summed E-state index contributed by atoms with van der Waals surface area (Å²) in [4.78, 5) is 11.0. The molecule has 1 amide bonds. The highest BCUT2D eigenvalue weighted by Gasteiger charge is 2.17. The van der Waals surface area contributed by atoms with Gasteiger partial charge in [-0.1, -0.05) is 13.8 Å². The fourth-order valence-electron chi connectivity index (χ4n) is 1.45. The first-order chi connectivity index (χ1) is 8.41. The van der Waals surface area contributed by atoms with Gasteiger partial charge in [0.15, 0.2) is 0 Å². The van der Waals surface area contributed by atoms with Crippen LogP contribution < -0.4 is 10.5 Å². The van der Waals surface area contributed by atoms with E-state index in [1.54, 1.807) is 0 Å². The lowest BCUT2D eigenvalue weighted by Crippen LogP contribution is -2.14. The van der Waals surface area contributed by atoms with Gasteiger partial charge in [0.2, 0.25) is 5.91 Å². The van der Waals surface area contributed by atoms with E-state index < -0.39 is 12.3 Å². The minimum absolute atomic E-state index is 0.166. The fourth-order valence-corrected chi connectivity index (χ4v) is 1.45. The van der Waals surface area contributed by atoms with Gasteiger partial charge in [-0.15, -0.1) is 0 Å². The zero-order chi connectivity index (χ0) is 13.7. The van der Waals surface area contributed by atoms with Crippen LogP contribution >= 0.6 is 0 Å². The first-order valence-corrected chi connectivity index (χ1v) is 5.76. The number of ether oxygens (including phenoxy) is 1. The Morgan fingerprint density at radius 1 is 1.39 bits per heavy atom. The van der Waals surface area contributed by atoms with Crippen LogP contribution in [0, 0.1) is 5.92 Å². The highest BCUT2D eigenvalue weighted by Crippen LogP contribution is 2.27. The van der Waals surface area contributed by atoms with Crippen LogP contribution in [0.3, 0.4) is 0 Å². The van der Waals surface area contributed by atoms with Crippen molar-refractivity contribution in [2.75, 3.05) is 6.61 Å². The van der Waals surface area contributed by atoms with Crippen LogP contribution in [0.25, 0.3) is 0 Å². The third-order valence-electron chi connectivity index (χ3n) is 2.49. The molecule has 0 saturated carbocycles. The summed E-state index contributed by atoms with van der Waals surface area (Å²) in [7, 11) is 0. The lowest BCUT2D eigenvalue weighted by atomic mass is 10.1. The summed E-state index contributed by atoms with van der Waals surface area (Å²) in [5, 5.41) is 0. The van der Waals surface area contributed by atoms with Gasteiger partial charge >= 0.3 is 0 Å². The lowest BCUT2D eigenvalue weighted by Gasteiger charge is -2.11. The molecule has 0 saturated heterocycles. The smallest absolute Gasteiger partial charge is 0.264 e. The molecular formula is C13H17F2NO2. The SMILES string of the molecule is CC(C)CCOc1ccc(C(N)=O)c(C(F)F)c1. The van der Waals surface area contributed by atoms with E-state index in [1.165, 1.54) is 18.2 Å². The van der Waals surface area contributed by atoms with Crippen molar-refractivity contribution >= 4 is 5.91 Å². The number of hydrogen-bond acceptors (Lipinski definition) is 2. The Morgan fingerprint density at radius 3 is 2.56 bits per heavy atom. The van der Waals surface area contributed by atoms with Gasteiger partial charge in [0.05, 0.1) is 6.61 Å². The number of alkyl halides is 2. The Hall–Kier alpha value is -1.65. The van der Waals surface area contributed by atoms with E-state index in [-0.39, 0.29) is 11.1 Å². The summed E-state index contributed by atoms with van der Waals surface area (Å²) in [5.74, 6) is -0.0561. The van der Waals surface area contributed by atoms with Crippen LogP contribution in [0.5, 0.6) is 5.75 Å². The quantitative estimate of drug-likeness (QED) is 0.851. The van der Waals surface area contributed by atoms with Crippen LogP contribution in [0.15, 0.2) is 18.2 Å². The Labute approximate surface area is 105 Å². The van der Waals surface area contributed by atoms with Crippen LogP contribution in [0.4, 0.5) is 8.78 Å². The summed E-state index contributed by atoms with van der Waals surface area (Å²) < 4.78 is 30.9. The number of amides is 1. The molecule has 100 valence electrons. The van der Waals surface area contributed by atoms with Crippen molar-refractivity contribution < 1.29 is 18.3 Å². The number of hydrogen-bond donors (Lipinski definition) is 1. The average Bonchev–Trinajstić information content (AvgIpc) is 2.28. The van der Waals surface area contributed by atoms with E-state index in [1.807, 2.05) is 13.8 Å². The number of carbonyl (C=O) groups is 1. The lowest BCUT2D eigenvalue weighted by molar-refractivity contribution is 0.0986. The van der Waals surface area contributed by atoms with E-state index in [2.05, 4.69) is 0 Å². The second-order valence-corrected chi connectivity index (χ2v) is 4.44. The molecule has 0 fully saturated rings. The minimum Gasteiger partial charge on any atom is -0.494 e. The van der Waals surface area contributed by atoms with E-state index in [9.17, 15) is 13.6 Å². The largest absolute Gasteiger partial charge is 0.494 e. The van der Waals surface area contributed by atoms with Crippen molar-refractivity contribution in [3.63, 3.8) is 0 Å². The molecule has 0 spiro atoms. The molecule has 0 bridgehead atoms. The van der Waals surface area contributed by atoms with Gasteiger partial charge in [0, 0.05) is 11.1 Å². The molecule has 1 rings (SSSR count). The molecule has 0 aromatic heterocycles. The standard InChI is InChI=1S/C13H17F2NO2/c1-8(2)5-6-18-9-3-4-10(13(16)17)11(7-9)12(14)15/h3-4,7-8,12H,5-6H2,1-2H3,(H2,16,17). The number of halogens is 2. The van der Waals surface area contributed by atoms with Crippen LogP contribution in [-0.2, 0) is 0 Å². The topological polar surface area (TPSA) is 52.3 Å². The van der Waals surface area contributed by atoms with Gasteiger partial charge in [-0.3, -0.25) is 4.79 Å². The monoisotopic (exact) mass is 257 g/mol. The molecule has 0 aliphatic rings. The predicted octanol–water partition coefficient (Wildman–Crippen LogP) is 3.15. The maximum Gasteiger partial charge on any atom is 0.264 e. The summed E-state index contributed by atoms with van der Waals surface area (Å²) in [6.45, 7) is 4.55. The van der Waals surface area contributed by atoms with Gasteiger partial charge in [-0.25, -0.2) is 8.78 Å². The van der Waals surface area contributed by atoms with Crippen molar-refractivity contribution in [1.29, 1.82) is 0 Å². The molecule has 3 nitrogen and oxygen atoms in total. The van der Waals surface area contributed by atoms with Crippen molar-refractivity contribution in [2.45, 2.75) is 26.7 Å². The minimum atomic E-state index is -2.75. The summed E-state index contributed by atoms with van der Waals surface area (Å²) in [6, 6.07) is 3.92. The van der Waals surface area contributed by atoms with Crippen molar-refractivity contribution in [1.82, 2.24) is 0 Å². The van der Waals surface area contributed by atoms with Gasteiger partial charge in [-0.05, 0) is 30.5 Å². The molecule has 0 radical (unpaired) electrons. The van der Waals surface area contributed by atoms with Crippen LogP contribution in [0.2, 0.25) is 0 Å². The molecule has 0 aliphatic heterocycles. The molecule has 0 unspecified atom stereocenters. The Kier molecular flexibility index (Phi) is 5.07. The van der Waals surface area contributed by atoms with Gasteiger partial charge in [0.25, 0.3) is 6.43 Å². The molecule has 1 aromatic rings. The van der Waals surface area contributed by atoms with Crippen molar-refractivity contribution in [3.8, 4) is 5.75 Å². The number of benzene rings is 1. The maximum atomic E-state index is 12.8. The highest BCUT2D eigenvalue weighted by atomic mass is 19.3. The third kappa shape index (κ3) is 3.98. The normalized spacial score (nSPS) is 11.0. The molecular weight excluding hydrogens is 240 g/mol.